The third kappa shape index (κ3) is 4.09. The van der Waals surface area contributed by atoms with Gasteiger partial charge in [-0.2, -0.15) is 0 Å². The van der Waals surface area contributed by atoms with Crippen LogP contribution in [-0.2, 0) is 16.0 Å². The number of anilines is 1. The molecule has 1 aliphatic rings. The van der Waals surface area contributed by atoms with Crippen LogP contribution in [0.4, 0.5) is 5.69 Å². The van der Waals surface area contributed by atoms with Crippen molar-refractivity contribution in [2.75, 3.05) is 5.32 Å². The molecule has 0 aromatic heterocycles. The Morgan fingerprint density at radius 1 is 1.23 bits per heavy atom. The molecule has 4 heteroatoms. The van der Waals surface area contributed by atoms with Crippen molar-refractivity contribution in [1.82, 2.24) is 0 Å². The van der Waals surface area contributed by atoms with Gasteiger partial charge in [-0.1, -0.05) is 32.4 Å². The number of nitrogens with one attached hydrogen (secondary N) is 1. The number of carboxylic acid groups (broad SMARTS) is 1. The van der Waals surface area contributed by atoms with Crippen LogP contribution < -0.4 is 5.32 Å². The van der Waals surface area contributed by atoms with E-state index in [2.05, 4.69) is 19.2 Å². The average Bonchev–Trinajstić information content (AvgIpc) is 2.41. The van der Waals surface area contributed by atoms with E-state index in [1.54, 1.807) is 0 Å². The minimum atomic E-state index is -0.794. The summed E-state index contributed by atoms with van der Waals surface area (Å²) in [5.41, 5.74) is 1.58. The van der Waals surface area contributed by atoms with Crippen molar-refractivity contribution >= 4 is 17.6 Å². The monoisotopic (exact) mass is 303 g/mol. The predicted octanol–water partition coefficient (Wildman–Crippen LogP) is 3.86. The number of hydrogen-bond acceptors (Lipinski definition) is 2. The van der Waals surface area contributed by atoms with Crippen molar-refractivity contribution < 1.29 is 14.7 Å². The van der Waals surface area contributed by atoms with Gasteiger partial charge >= 0.3 is 5.97 Å². The Kier molecular flexibility index (Phi) is 5.22. The molecule has 0 spiro atoms. The van der Waals surface area contributed by atoms with E-state index in [0.29, 0.717) is 12.3 Å². The summed E-state index contributed by atoms with van der Waals surface area (Å²) in [5.74, 6) is -0.145. The summed E-state index contributed by atoms with van der Waals surface area (Å²) < 4.78 is 0. The molecular formula is C18H25NO3. The maximum absolute atomic E-state index is 12.6. The van der Waals surface area contributed by atoms with E-state index in [-0.39, 0.29) is 17.7 Å². The van der Waals surface area contributed by atoms with E-state index in [0.717, 1.165) is 36.9 Å². The van der Waals surface area contributed by atoms with Crippen molar-refractivity contribution in [2.45, 2.75) is 52.4 Å². The summed E-state index contributed by atoms with van der Waals surface area (Å²) in [6.45, 7) is 4.31. The maximum Gasteiger partial charge on any atom is 0.303 e. The molecule has 1 fully saturated rings. The van der Waals surface area contributed by atoms with Gasteiger partial charge in [-0.3, -0.25) is 9.59 Å². The van der Waals surface area contributed by atoms with Gasteiger partial charge in [0.2, 0.25) is 5.91 Å². The zero-order valence-electron chi connectivity index (χ0n) is 13.4. The largest absolute Gasteiger partial charge is 0.481 e. The van der Waals surface area contributed by atoms with Crippen molar-refractivity contribution in [3.8, 4) is 0 Å². The first-order valence-electron chi connectivity index (χ1n) is 8.03. The smallest absolute Gasteiger partial charge is 0.303 e. The molecule has 1 amide bonds. The first-order chi connectivity index (χ1) is 10.4. The maximum atomic E-state index is 12.6. The highest BCUT2D eigenvalue weighted by Crippen LogP contribution is 2.46. The highest BCUT2D eigenvalue weighted by molar-refractivity contribution is 5.95. The Morgan fingerprint density at radius 3 is 2.32 bits per heavy atom. The molecule has 2 rings (SSSR count). The number of hydrogen-bond donors (Lipinski definition) is 2. The topological polar surface area (TPSA) is 66.4 Å². The highest BCUT2D eigenvalue weighted by atomic mass is 16.4. The lowest BCUT2D eigenvalue weighted by Crippen LogP contribution is -2.42. The van der Waals surface area contributed by atoms with E-state index in [1.807, 2.05) is 24.3 Å². The minimum Gasteiger partial charge on any atom is -0.481 e. The molecule has 0 aliphatic heterocycles. The van der Waals surface area contributed by atoms with Gasteiger partial charge in [0.15, 0.2) is 0 Å². The average molecular weight is 303 g/mol. The molecule has 120 valence electrons. The molecule has 1 aromatic rings. The molecule has 1 saturated carbocycles. The fourth-order valence-corrected chi connectivity index (χ4v) is 3.18. The summed E-state index contributed by atoms with van der Waals surface area (Å²) in [6, 6.07) is 7.48. The van der Waals surface area contributed by atoms with Crippen LogP contribution in [0.1, 0.15) is 51.5 Å². The van der Waals surface area contributed by atoms with Crippen LogP contribution in [0.15, 0.2) is 24.3 Å². The van der Waals surface area contributed by atoms with Gasteiger partial charge in [0.1, 0.15) is 0 Å². The number of benzene rings is 1. The second kappa shape index (κ2) is 6.95. The zero-order chi connectivity index (χ0) is 16.2. The molecule has 22 heavy (non-hydrogen) atoms. The predicted molar refractivity (Wildman–Crippen MR) is 86.8 cm³/mol. The molecule has 1 aromatic carbocycles. The van der Waals surface area contributed by atoms with Gasteiger partial charge in [0.25, 0.3) is 0 Å². The molecule has 0 saturated heterocycles. The van der Waals surface area contributed by atoms with Crippen LogP contribution in [-0.4, -0.2) is 17.0 Å². The Labute approximate surface area is 131 Å². The highest BCUT2D eigenvalue weighted by Gasteiger charge is 2.44. The van der Waals surface area contributed by atoms with E-state index < -0.39 is 5.97 Å². The summed E-state index contributed by atoms with van der Waals surface area (Å²) in [5, 5.41) is 11.7. The number of rotatable bonds is 7. The first-order valence-corrected chi connectivity index (χ1v) is 8.03. The Morgan fingerprint density at radius 2 is 1.86 bits per heavy atom. The molecule has 0 bridgehead atoms. The fourth-order valence-electron chi connectivity index (χ4n) is 3.18. The third-order valence-corrected chi connectivity index (χ3v) is 4.43. The van der Waals surface area contributed by atoms with Crippen molar-refractivity contribution in [2.24, 2.45) is 11.3 Å². The van der Waals surface area contributed by atoms with Crippen molar-refractivity contribution in [3.05, 3.63) is 29.8 Å². The summed E-state index contributed by atoms with van der Waals surface area (Å²) in [6.07, 6.45) is 4.68. The van der Waals surface area contributed by atoms with Crippen LogP contribution in [0.5, 0.6) is 0 Å². The van der Waals surface area contributed by atoms with Crippen LogP contribution in [0.3, 0.4) is 0 Å². The van der Waals surface area contributed by atoms with Crippen LogP contribution in [0.2, 0.25) is 0 Å². The van der Waals surface area contributed by atoms with Gasteiger partial charge in [-0.25, -0.2) is 0 Å². The van der Waals surface area contributed by atoms with Gasteiger partial charge in [-0.15, -0.1) is 0 Å². The van der Waals surface area contributed by atoms with Gasteiger partial charge in [-0.05, 0) is 49.3 Å². The zero-order valence-corrected chi connectivity index (χ0v) is 13.4. The first kappa shape index (κ1) is 16.5. The Bertz CT molecular complexity index is 530. The second-order valence-corrected chi connectivity index (χ2v) is 6.78. The van der Waals surface area contributed by atoms with Gasteiger partial charge in [0, 0.05) is 17.5 Å². The Hall–Kier alpha value is -1.84. The molecule has 0 atom stereocenters. The molecule has 4 nitrogen and oxygen atoms in total. The Balaban J connectivity index is 1.95. The van der Waals surface area contributed by atoms with Gasteiger partial charge in [0.05, 0.1) is 0 Å². The normalized spacial score (nSPS) is 16.1. The lowest BCUT2D eigenvalue weighted by molar-refractivity contribution is -0.137. The number of aryl methyl sites for hydroxylation is 1. The standard InChI is InChI=1S/C18H25NO3/c1-13(2)12-18(10-3-11-18)17(22)19-15-7-4-14(5-8-15)6-9-16(20)21/h4-5,7-8,13H,3,6,9-12H2,1-2H3,(H,19,22)(H,20,21). The molecule has 0 unspecified atom stereocenters. The second-order valence-electron chi connectivity index (χ2n) is 6.78. The minimum absolute atomic E-state index is 0.128. The molecule has 0 radical (unpaired) electrons. The van der Waals surface area contributed by atoms with E-state index in [1.165, 1.54) is 0 Å². The fraction of sp³-hybridized carbons (Fsp3) is 0.556. The summed E-state index contributed by atoms with van der Waals surface area (Å²) in [7, 11) is 0. The van der Waals surface area contributed by atoms with Crippen LogP contribution in [0, 0.1) is 11.3 Å². The number of aliphatic carboxylic acids is 1. The van der Waals surface area contributed by atoms with Crippen LogP contribution >= 0.6 is 0 Å². The third-order valence-electron chi connectivity index (χ3n) is 4.43. The molecule has 0 heterocycles. The van der Waals surface area contributed by atoms with Crippen molar-refractivity contribution in [1.29, 1.82) is 0 Å². The van der Waals surface area contributed by atoms with E-state index in [4.69, 9.17) is 5.11 Å². The van der Waals surface area contributed by atoms with Gasteiger partial charge < -0.3 is 10.4 Å². The number of carbonyl (C=O) groups is 2. The van der Waals surface area contributed by atoms with E-state index >= 15 is 0 Å². The number of carboxylic acids is 1. The summed E-state index contributed by atoms with van der Waals surface area (Å²) >= 11 is 0. The molecule has 2 N–H and O–H groups in total. The lowest BCUT2D eigenvalue weighted by atomic mass is 9.64. The van der Waals surface area contributed by atoms with Crippen LogP contribution in [0.25, 0.3) is 0 Å². The van der Waals surface area contributed by atoms with Crippen molar-refractivity contribution in [3.63, 3.8) is 0 Å². The quantitative estimate of drug-likeness (QED) is 0.804. The number of amides is 1. The molecular weight excluding hydrogens is 278 g/mol. The molecule has 1 aliphatic carbocycles. The number of carbonyl (C=O) groups excluding carboxylic acids is 1. The SMILES string of the molecule is CC(C)CC1(C(=O)Nc2ccc(CCC(=O)O)cc2)CCC1. The summed E-state index contributed by atoms with van der Waals surface area (Å²) in [4.78, 5) is 23.1. The van der Waals surface area contributed by atoms with E-state index in [9.17, 15) is 9.59 Å². The lowest BCUT2D eigenvalue weighted by Gasteiger charge is -2.41.